The maximum Gasteiger partial charge on any atom is 0.139 e. The Morgan fingerprint density at radius 1 is 1.10 bits per heavy atom. The van der Waals surface area contributed by atoms with Crippen LogP contribution in [0.2, 0.25) is 0 Å². The lowest BCUT2D eigenvalue weighted by Crippen LogP contribution is -2.52. The van der Waals surface area contributed by atoms with Gasteiger partial charge in [0.2, 0.25) is 0 Å². The van der Waals surface area contributed by atoms with Gasteiger partial charge in [0.15, 0.2) is 0 Å². The summed E-state index contributed by atoms with van der Waals surface area (Å²) in [4.78, 5) is 12.3. The second kappa shape index (κ2) is 4.81. The van der Waals surface area contributed by atoms with Gasteiger partial charge in [-0.3, -0.25) is 4.79 Å². The smallest absolute Gasteiger partial charge is 0.139 e. The van der Waals surface area contributed by atoms with E-state index >= 15 is 0 Å². The van der Waals surface area contributed by atoms with Gasteiger partial charge in [-0.05, 0) is 80.5 Å². The SMILES string of the molecule is CC1CC(O)C2C(CCC3C2CCC2(C)C(=O)CCC32)C1. The summed E-state index contributed by atoms with van der Waals surface area (Å²) in [5.74, 6) is 4.57. The molecule has 21 heavy (non-hydrogen) atoms. The number of carbonyl (C=O) groups is 1. The maximum atomic E-state index is 12.3. The summed E-state index contributed by atoms with van der Waals surface area (Å²) in [7, 11) is 0. The molecule has 2 heteroatoms. The summed E-state index contributed by atoms with van der Waals surface area (Å²) in [5, 5.41) is 10.7. The highest BCUT2D eigenvalue weighted by Gasteiger charge is 2.57. The number of fused-ring (bicyclic) bond motifs is 5. The van der Waals surface area contributed by atoms with Gasteiger partial charge in [0.05, 0.1) is 6.10 Å². The van der Waals surface area contributed by atoms with Gasteiger partial charge in [0.25, 0.3) is 0 Å². The van der Waals surface area contributed by atoms with Crippen molar-refractivity contribution >= 4 is 5.78 Å². The first-order valence-electron chi connectivity index (χ1n) is 9.22. The standard InChI is InChI=1S/C19H30O2/c1-11-9-12-3-4-13-14(18(12)16(20)10-11)7-8-19(2)15(13)5-6-17(19)21/h11-16,18,20H,3-10H2,1-2H3. The molecule has 8 unspecified atom stereocenters. The van der Waals surface area contributed by atoms with Crippen LogP contribution in [0.4, 0.5) is 0 Å². The molecule has 0 saturated heterocycles. The second-order valence-electron chi connectivity index (χ2n) is 8.91. The summed E-state index contributed by atoms with van der Waals surface area (Å²) >= 11 is 0. The normalized spacial score (nSPS) is 56.5. The van der Waals surface area contributed by atoms with Crippen LogP contribution in [-0.2, 0) is 4.79 Å². The number of rotatable bonds is 0. The lowest BCUT2D eigenvalue weighted by Gasteiger charge is -2.56. The Bertz CT molecular complexity index is 445. The highest BCUT2D eigenvalue weighted by molar-refractivity contribution is 5.87. The molecule has 0 aromatic carbocycles. The molecule has 0 aliphatic heterocycles. The molecule has 0 amide bonds. The lowest BCUT2D eigenvalue weighted by molar-refractivity contribution is -0.137. The first-order valence-corrected chi connectivity index (χ1v) is 9.22. The Labute approximate surface area is 128 Å². The van der Waals surface area contributed by atoms with E-state index in [2.05, 4.69) is 13.8 Å². The highest BCUT2D eigenvalue weighted by atomic mass is 16.3. The summed E-state index contributed by atoms with van der Waals surface area (Å²) in [6.07, 6.45) is 9.09. The largest absolute Gasteiger partial charge is 0.393 e. The van der Waals surface area contributed by atoms with Crippen LogP contribution in [0.1, 0.15) is 65.2 Å². The van der Waals surface area contributed by atoms with Crippen LogP contribution in [0.3, 0.4) is 0 Å². The van der Waals surface area contributed by atoms with Crippen molar-refractivity contribution in [3.8, 4) is 0 Å². The molecule has 2 nitrogen and oxygen atoms in total. The monoisotopic (exact) mass is 290 g/mol. The first kappa shape index (κ1) is 14.2. The van der Waals surface area contributed by atoms with Crippen molar-refractivity contribution in [2.75, 3.05) is 0 Å². The molecule has 8 atom stereocenters. The zero-order valence-corrected chi connectivity index (χ0v) is 13.6. The molecule has 1 N–H and O–H groups in total. The van der Waals surface area contributed by atoms with Crippen molar-refractivity contribution in [2.24, 2.45) is 40.9 Å². The Morgan fingerprint density at radius 3 is 2.71 bits per heavy atom. The Balaban J connectivity index is 1.61. The number of hydrogen-bond acceptors (Lipinski definition) is 2. The maximum absolute atomic E-state index is 12.3. The predicted octanol–water partition coefficient (Wildman–Crippen LogP) is 3.82. The van der Waals surface area contributed by atoms with Gasteiger partial charge in [-0.25, -0.2) is 0 Å². The van der Waals surface area contributed by atoms with Crippen LogP contribution in [0.15, 0.2) is 0 Å². The number of ketones is 1. The van der Waals surface area contributed by atoms with Crippen molar-refractivity contribution < 1.29 is 9.90 Å². The fraction of sp³-hybridized carbons (Fsp3) is 0.947. The molecule has 118 valence electrons. The lowest BCUT2D eigenvalue weighted by atomic mass is 9.49. The van der Waals surface area contributed by atoms with E-state index in [1.807, 2.05) is 0 Å². The number of hydrogen-bond donors (Lipinski definition) is 1. The predicted molar refractivity (Wildman–Crippen MR) is 82.7 cm³/mol. The molecule has 4 aliphatic carbocycles. The van der Waals surface area contributed by atoms with Gasteiger partial charge < -0.3 is 5.11 Å². The summed E-state index contributed by atoms with van der Waals surface area (Å²) in [6, 6.07) is 0. The van der Waals surface area contributed by atoms with E-state index in [9.17, 15) is 9.90 Å². The van der Waals surface area contributed by atoms with Crippen LogP contribution < -0.4 is 0 Å². The van der Waals surface area contributed by atoms with Gasteiger partial charge in [0.1, 0.15) is 5.78 Å². The fourth-order valence-electron chi connectivity index (χ4n) is 6.99. The summed E-state index contributed by atoms with van der Waals surface area (Å²) in [6.45, 7) is 4.55. The molecule has 0 bridgehead atoms. The van der Waals surface area contributed by atoms with Crippen LogP contribution >= 0.6 is 0 Å². The molecular formula is C19H30O2. The molecule has 4 saturated carbocycles. The Hall–Kier alpha value is -0.370. The molecule has 0 radical (unpaired) electrons. The third-order valence-corrected chi connectivity index (χ3v) is 7.90. The van der Waals surface area contributed by atoms with Crippen molar-refractivity contribution in [3.63, 3.8) is 0 Å². The molecule has 4 rings (SSSR count). The van der Waals surface area contributed by atoms with Crippen molar-refractivity contribution in [2.45, 2.75) is 71.3 Å². The van der Waals surface area contributed by atoms with Gasteiger partial charge in [0, 0.05) is 11.8 Å². The summed E-state index contributed by atoms with van der Waals surface area (Å²) in [5.41, 5.74) is -0.0130. The number of aliphatic hydroxyl groups excluding tert-OH is 1. The molecule has 0 heterocycles. The van der Waals surface area contributed by atoms with Gasteiger partial charge in [-0.1, -0.05) is 13.8 Å². The van der Waals surface area contributed by atoms with Crippen molar-refractivity contribution in [1.82, 2.24) is 0 Å². The van der Waals surface area contributed by atoms with Crippen LogP contribution in [0.5, 0.6) is 0 Å². The van der Waals surface area contributed by atoms with E-state index in [4.69, 9.17) is 0 Å². The molecule has 0 spiro atoms. The molecule has 0 aromatic heterocycles. The van der Waals surface area contributed by atoms with Crippen LogP contribution in [0, 0.1) is 40.9 Å². The minimum atomic E-state index is -0.0759. The molecular weight excluding hydrogens is 260 g/mol. The Kier molecular flexibility index (Phi) is 3.26. The van der Waals surface area contributed by atoms with E-state index in [1.165, 1.54) is 25.7 Å². The average molecular weight is 290 g/mol. The van der Waals surface area contributed by atoms with E-state index < -0.39 is 0 Å². The quantitative estimate of drug-likeness (QED) is 0.736. The van der Waals surface area contributed by atoms with Gasteiger partial charge in [-0.2, -0.15) is 0 Å². The third kappa shape index (κ3) is 1.97. The van der Waals surface area contributed by atoms with Crippen LogP contribution in [0.25, 0.3) is 0 Å². The molecule has 4 aliphatic rings. The fourth-order valence-corrected chi connectivity index (χ4v) is 6.99. The first-order chi connectivity index (χ1) is 10.0. The minimum absolute atomic E-state index is 0.0130. The molecule has 4 fully saturated rings. The highest BCUT2D eigenvalue weighted by Crippen LogP contribution is 2.61. The van der Waals surface area contributed by atoms with Crippen LogP contribution in [-0.4, -0.2) is 17.0 Å². The van der Waals surface area contributed by atoms with E-state index in [1.54, 1.807) is 0 Å². The zero-order chi connectivity index (χ0) is 14.8. The number of aliphatic hydroxyl groups is 1. The van der Waals surface area contributed by atoms with Gasteiger partial charge in [-0.15, -0.1) is 0 Å². The molecule has 0 aromatic rings. The van der Waals surface area contributed by atoms with E-state index in [0.29, 0.717) is 29.5 Å². The summed E-state index contributed by atoms with van der Waals surface area (Å²) < 4.78 is 0. The number of Topliss-reactive ketones (excluding diaryl/α,β-unsaturated/α-hetero) is 1. The van der Waals surface area contributed by atoms with Crippen molar-refractivity contribution in [3.05, 3.63) is 0 Å². The third-order valence-electron chi connectivity index (χ3n) is 7.90. The Morgan fingerprint density at radius 2 is 1.90 bits per heavy atom. The van der Waals surface area contributed by atoms with Crippen molar-refractivity contribution in [1.29, 1.82) is 0 Å². The van der Waals surface area contributed by atoms with E-state index in [0.717, 1.165) is 37.5 Å². The minimum Gasteiger partial charge on any atom is -0.393 e. The van der Waals surface area contributed by atoms with Gasteiger partial charge >= 0.3 is 0 Å². The topological polar surface area (TPSA) is 37.3 Å². The zero-order valence-electron chi connectivity index (χ0n) is 13.6. The average Bonchev–Trinajstić information content (AvgIpc) is 2.74. The number of carbonyl (C=O) groups excluding carboxylic acids is 1. The second-order valence-corrected chi connectivity index (χ2v) is 8.91. The van der Waals surface area contributed by atoms with E-state index in [-0.39, 0.29) is 11.5 Å².